The standard InChI is InChI=1S/C20H22FN3O2/c1-3-10-23-17-6-4-5-7-18(17)24(20(23)26)13-19(25)22-12-15-9-8-14(2)16(21)11-15/h4-9,11H,3,10,12-13H2,1-2H3,(H,22,25). The van der Waals surface area contributed by atoms with Gasteiger partial charge in [0.2, 0.25) is 5.91 Å². The summed E-state index contributed by atoms with van der Waals surface area (Å²) in [7, 11) is 0. The largest absolute Gasteiger partial charge is 0.350 e. The van der Waals surface area contributed by atoms with Crippen molar-refractivity contribution in [2.24, 2.45) is 0 Å². The first-order chi connectivity index (χ1) is 12.5. The summed E-state index contributed by atoms with van der Waals surface area (Å²) in [6.45, 7) is 4.46. The molecule has 1 aromatic heterocycles. The highest BCUT2D eigenvalue weighted by Crippen LogP contribution is 2.13. The van der Waals surface area contributed by atoms with E-state index in [4.69, 9.17) is 0 Å². The number of fused-ring (bicyclic) bond motifs is 1. The number of rotatable bonds is 6. The second kappa shape index (κ2) is 7.56. The van der Waals surface area contributed by atoms with Gasteiger partial charge in [0.25, 0.3) is 0 Å². The average molecular weight is 355 g/mol. The van der Waals surface area contributed by atoms with E-state index in [1.165, 1.54) is 10.6 Å². The zero-order valence-electron chi connectivity index (χ0n) is 15.0. The van der Waals surface area contributed by atoms with E-state index < -0.39 is 0 Å². The summed E-state index contributed by atoms with van der Waals surface area (Å²) in [4.78, 5) is 25.0. The maximum Gasteiger partial charge on any atom is 0.329 e. The molecule has 0 saturated heterocycles. The smallest absolute Gasteiger partial charge is 0.329 e. The van der Waals surface area contributed by atoms with E-state index in [-0.39, 0.29) is 30.5 Å². The van der Waals surface area contributed by atoms with Gasteiger partial charge < -0.3 is 5.32 Å². The minimum atomic E-state index is -0.296. The lowest BCUT2D eigenvalue weighted by Gasteiger charge is -2.07. The molecule has 0 atom stereocenters. The molecule has 0 spiro atoms. The Morgan fingerprint density at radius 1 is 1.12 bits per heavy atom. The molecular weight excluding hydrogens is 333 g/mol. The van der Waals surface area contributed by atoms with Crippen molar-refractivity contribution in [1.82, 2.24) is 14.5 Å². The molecule has 0 saturated carbocycles. The molecule has 3 aromatic rings. The van der Waals surface area contributed by atoms with Crippen LogP contribution in [0.25, 0.3) is 11.0 Å². The first-order valence-electron chi connectivity index (χ1n) is 8.71. The molecule has 0 radical (unpaired) electrons. The predicted octanol–water partition coefficient (Wildman–Crippen LogP) is 2.98. The molecule has 0 fully saturated rings. The molecule has 0 bridgehead atoms. The summed E-state index contributed by atoms with van der Waals surface area (Å²) in [6, 6.07) is 12.3. The predicted molar refractivity (Wildman–Crippen MR) is 99.5 cm³/mol. The third-order valence-corrected chi connectivity index (χ3v) is 4.40. The van der Waals surface area contributed by atoms with Crippen LogP contribution in [0.1, 0.15) is 24.5 Å². The van der Waals surface area contributed by atoms with Crippen molar-refractivity contribution in [2.45, 2.75) is 39.9 Å². The molecule has 26 heavy (non-hydrogen) atoms. The van der Waals surface area contributed by atoms with Crippen molar-refractivity contribution in [2.75, 3.05) is 0 Å². The van der Waals surface area contributed by atoms with Gasteiger partial charge in [-0.05, 0) is 42.7 Å². The lowest BCUT2D eigenvalue weighted by molar-refractivity contribution is -0.121. The number of para-hydroxylation sites is 2. The summed E-state index contributed by atoms with van der Waals surface area (Å²) in [5.41, 5.74) is 2.62. The minimum Gasteiger partial charge on any atom is -0.350 e. The van der Waals surface area contributed by atoms with Crippen LogP contribution < -0.4 is 11.0 Å². The van der Waals surface area contributed by atoms with E-state index >= 15 is 0 Å². The monoisotopic (exact) mass is 355 g/mol. The van der Waals surface area contributed by atoms with Gasteiger partial charge in [-0.3, -0.25) is 13.9 Å². The van der Waals surface area contributed by atoms with E-state index in [0.29, 0.717) is 17.7 Å². The molecule has 0 aliphatic heterocycles. The summed E-state index contributed by atoms with van der Waals surface area (Å²) >= 11 is 0. The maximum atomic E-state index is 13.6. The molecule has 136 valence electrons. The Kier molecular flexibility index (Phi) is 5.21. The van der Waals surface area contributed by atoms with E-state index in [0.717, 1.165) is 17.5 Å². The van der Waals surface area contributed by atoms with Gasteiger partial charge in [-0.25, -0.2) is 9.18 Å². The van der Waals surface area contributed by atoms with Gasteiger partial charge >= 0.3 is 5.69 Å². The number of carbonyl (C=O) groups excluding carboxylic acids is 1. The number of aromatic nitrogens is 2. The van der Waals surface area contributed by atoms with Crippen LogP contribution in [0.2, 0.25) is 0 Å². The van der Waals surface area contributed by atoms with Crippen molar-refractivity contribution in [3.63, 3.8) is 0 Å². The second-order valence-corrected chi connectivity index (χ2v) is 6.37. The van der Waals surface area contributed by atoms with E-state index in [1.807, 2.05) is 31.2 Å². The number of hydrogen-bond acceptors (Lipinski definition) is 2. The third-order valence-electron chi connectivity index (χ3n) is 4.40. The highest BCUT2D eigenvalue weighted by atomic mass is 19.1. The summed E-state index contributed by atoms with van der Waals surface area (Å²) < 4.78 is 16.8. The molecule has 1 heterocycles. The molecule has 1 amide bonds. The quantitative estimate of drug-likeness (QED) is 0.739. The van der Waals surface area contributed by atoms with Gasteiger partial charge in [0.05, 0.1) is 11.0 Å². The molecule has 5 nitrogen and oxygen atoms in total. The Morgan fingerprint density at radius 3 is 2.46 bits per heavy atom. The fraction of sp³-hybridized carbons (Fsp3) is 0.300. The maximum absolute atomic E-state index is 13.6. The van der Waals surface area contributed by atoms with Crippen LogP contribution in [0.5, 0.6) is 0 Å². The number of halogens is 1. The van der Waals surface area contributed by atoms with Crippen molar-refractivity contribution in [3.8, 4) is 0 Å². The Bertz CT molecular complexity index is 1000. The van der Waals surface area contributed by atoms with Crippen LogP contribution in [-0.2, 0) is 24.4 Å². The van der Waals surface area contributed by atoms with Gasteiger partial charge in [0.15, 0.2) is 0 Å². The molecule has 3 rings (SSSR count). The number of nitrogens with one attached hydrogen (secondary N) is 1. The fourth-order valence-electron chi connectivity index (χ4n) is 3.01. The topological polar surface area (TPSA) is 56.0 Å². The molecule has 1 N–H and O–H groups in total. The number of aryl methyl sites for hydroxylation is 2. The Labute approximate surface area is 151 Å². The number of amides is 1. The Morgan fingerprint density at radius 2 is 1.81 bits per heavy atom. The number of imidazole rings is 1. The van der Waals surface area contributed by atoms with Crippen LogP contribution in [0, 0.1) is 12.7 Å². The van der Waals surface area contributed by atoms with Crippen LogP contribution in [0.15, 0.2) is 47.3 Å². The number of carbonyl (C=O) groups is 1. The van der Waals surface area contributed by atoms with Crippen molar-refractivity contribution >= 4 is 16.9 Å². The zero-order valence-corrected chi connectivity index (χ0v) is 15.0. The first kappa shape index (κ1) is 17.9. The van der Waals surface area contributed by atoms with Crippen LogP contribution in [0.3, 0.4) is 0 Å². The molecule has 0 aliphatic rings. The van der Waals surface area contributed by atoms with Crippen molar-refractivity contribution < 1.29 is 9.18 Å². The van der Waals surface area contributed by atoms with Gasteiger partial charge in [-0.15, -0.1) is 0 Å². The van der Waals surface area contributed by atoms with Crippen LogP contribution in [-0.4, -0.2) is 15.0 Å². The zero-order chi connectivity index (χ0) is 18.7. The van der Waals surface area contributed by atoms with E-state index in [2.05, 4.69) is 5.32 Å². The Balaban J connectivity index is 1.78. The highest BCUT2D eigenvalue weighted by Gasteiger charge is 2.14. The van der Waals surface area contributed by atoms with Crippen molar-refractivity contribution in [1.29, 1.82) is 0 Å². The van der Waals surface area contributed by atoms with E-state index in [9.17, 15) is 14.0 Å². The summed E-state index contributed by atoms with van der Waals surface area (Å²) in [5, 5.41) is 2.75. The molecule has 2 aromatic carbocycles. The fourth-order valence-corrected chi connectivity index (χ4v) is 3.01. The average Bonchev–Trinajstić information content (AvgIpc) is 2.89. The van der Waals surface area contributed by atoms with Gasteiger partial charge in [-0.1, -0.05) is 31.2 Å². The second-order valence-electron chi connectivity index (χ2n) is 6.37. The molecular formula is C20H22FN3O2. The normalized spacial score (nSPS) is 11.0. The van der Waals surface area contributed by atoms with Crippen molar-refractivity contribution in [3.05, 3.63) is 69.9 Å². The molecule has 6 heteroatoms. The molecule has 0 aliphatic carbocycles. The first-order valence-corrected chi connectivity index (χ1v) is 8.71. The highest BCUT2D eigenvalue weighted by molar-refractivity contribution is 5.80. The molecule has 0 unspecified atom stereocenters. The SMILES string of the molecule is CCCn1c(=O)n(CC(=O)NCc2ccc(C)c(F)c2)c2ccccc21. The number of nitrogens with zero attached hydrogens (tertiary/aromatic N) is 2. The lowest BCUT2D eigenvalue weighted by atomic mass is 10.1. The lowest BCUT2D eigenvalue weighted by Crippen LogP contribution is -2.32. The summed E-state index contributed by atoms with van der Waals surface area (Å²) in [5.74, 6) is -0.580. The van der Waals surface area contributed by atoms with Gasteiger partial charge in [0, 0.05) is 13.1 Å². The van der Waals surface area contributed by atoms with Crippen LogP contribution in [0.4, 0.5) is 4.39 Å². The minimum absolute atomic E-state index is 0.0651. The van der Waals surface area contributed by atoms with Crippen LogP contribution >= 0.6 is 0 Å². The number of benzene rings is 2. The Hall–Kier alpha value is -2.89. The van der Waals surface area contributed by atoms with Gasteiger partial charge in [0.1, 0.15) is 12.4 Å². The summed E-state index contributed by atoms with van der Waals surface area (Å²) in [6.07, 6.45) is 0.832. The number of hydrogen-bond donors (Lipinski definition) is 1. The third kappa shape index (κ3) is 3.54. The van der Waals surface area contributed by atoms with E-state index in [1.54, 1.807) is 23.6 Å². The van der Waals surface area contributed by atoms with Gasteiger partial charge in [-0.2, -0.15) is 0 Å².